The Morgan fingerprint density at radius 3 is 2.71 bits per heavy atom. The van der Waals surface area contributed by atoms with Crippen molar-refractivity contribution in [2.24, 2.45) is 0 Å². The lowest BCUT2D eigenvalue weighted by Crippen LogP contribution is -2.17. The zero-order valence-electron chi connectivity index (χ0n) is 8.62. The number of benzene rings is 1. The molecule has 1 fully saturated rings. The molecule has 0 unspecified atom stereocenters. The average Bonchev–Trinajstić information content (AvgIpc) is 2.20. The highest BCUT2D eigenvalue weighted by Crippen LogP contribution is 2.31. The lowest BCUT2D eigenvalue weighted by atomic mass is 9.81. The Labute approximate surface area is 85.1 Å². The zero-order chi connectivity index (χ0) is 9.97. The number of Topliss-reactive ketones (excluding diaryl/α,β-unsaturated/α-hetero) is 1. The molecule has 0 amide bonds. The number of hydrogen-bond acceptors (Lipinski definition) is 1. The van der Waals surface area contributed by atoms with Crippen molar-refractivity contribution in [2.75, 3.05) is 0 Å². The Hall–Kier alpha value is -1.11. The fourth-order valence-corrected chi connectivity index (χ4v) is 2.29. The zero-order valence-corrected chi connectivity index (χ0v) is 8.62. The maximum absolute atomic E-state index is 11.7. The van der Waals surface area contributed by atoms with Gasteiger partial charge in [0.05, 0.1) is 0 Å². The van der Waals surface area contributed by atoms with Gasteiger partial charge in [-0.25, -0.2) is 0 Å². The number of ketones is 1. The lowest BCUT2D eigenvalue weighted by molar-refractivity contribution is -0.121. The molecule has 1 atom stereocenters. The van der Waals surface area contributed by atoms with Crippen LogP contribution in [0.2, 0.25) is 0 Å². The van der Waals surface area contributed by atoms with Crippen molar-refractivity contribution >= 4 is 5.78 Å². The average molecular weight is 188 g/mol. The predicted octanol–water partition coefficient (Wildman–Crippen LogP) is 3.22. The third-order valence-electron chi connectivity index (χ3n) is 3.12. The van der Waals surface area contributed by atoms with Gasteiger partial charge in [0.2, 0.25) is 0 Å². The molecule has 1 aromatic carbocycles. The second-order valence-electron chi connectivity index (χ2n) is 4.12. The summed E-state index contributed by atoms with van der Waals surface area (Å²) >= 11 is 0. The van der Waals surface area contributed by atoms with Gasteiger partial charge >= 0.3 is 0 Å². The molecule has 0 aromatic heterocycles. The molecule has 0 N–H and O–H groups in total. The highest BCUT2D eigenvalue weighted by molar-refractivity contribution is 5.86. The van der Waals surface area contributed by atoms with E-state index in [-0.39, 0.29) is 5.92 Å². The number of hydrogen-bond donors (Lipinski definition) is 0. The molecule has 1 aromatic rings. The lowest BCUT2D eigenvalue weighted by Gasteiger charge is -2.22. The molecule has 0 bridgehead atoms. The highest BCUT2D eigenvalue weighted by Gasteiger charge is 2.24. The van der Waals surface area contributed by atoms with Crippen LogP contribution in [-0.2, 0) is 4.79 Å². The molecule has 0 saturated heterocycles. The summed E-state index contributed by atoms with van der Waals surface area (Å²) in [4.78, 5) is 11.7. The number of carbonyl (C=O) groups excluding carboxylic acids is 1. The minimum atomic E-state index is 0.185. The summed E-state index contributed by atoms with van der Waals surface area (Å²) in [7, 11) is 0. The van der Waals surface area contributed by atoms with Crippen LogP contribution in [-0.4, -0.2) is 5.78 Å². The minimum absolute atomic E-state index is 0.185. The Balaban J connectivity index is 2.29. The van der Waals surface area contributed by atoms with Gasteiger partial charge in [-0.05, 0) is 30.9 Å². The first kappa shape index (κ1) is 9.45. The molecule has 0 aliphatic heterocycles. The fraction of sp³-hybridized carbons (Fsp3) is 0.462. The Kier molecular flexibility index (Phi) is 2.67. The fourth-order valence-electron chi connectivity index (χ4n) is 2.29. The van der Waals surface area contributed by atoms with Crippen molar-refractivity contribution in [3.05, 3.63) is 35.4 Å². The van der Waals surface area contributed by atoms with Gasteiger partial charge in [-0.2, -0.15) is 0 Å². The monoisotopic (exact) mass is 188 g/mol. The minimum Gasteiger partial charge on any atom is -0.299 e. The first-order valence-corrected chi connectivity index (χ1v) is 5.37. The molecule has 14 heavy (non-hydrogen) atoms. The molecule has 1 aliphatic rings. The van der Waals surface area contributed by atoms with Crippen LogP contribution < -0.4 is 0 Å². The Morgan fingerprint density at radius 2 is 2.00 bits per heavy atom. The van der Waals surface area contributed by atoms with Crippen LogP contribution in [0.4, 0.5) is 0 Å². The summed E-state index contributed by atoms with van der Waals surface area (Å²) in [6.07, 6.45) is 4.11. The smallest absolute Gasteiger partial charge is 0.140 e. The van der Waals surface area contributed by atoms with Gasteiger partial charge in [0.1, 0.15) is 5.78 Å². The van der Waals surface area contributed by atoms with Gasteiger partial charge < -0.3 is 0 Å². The highest BCUT2D eigenvalue weighted by atomic mass is 16.1. The first-order chi connectivity index (χ1) is 6.79. The predicted molar refractivity (Wildman–Crippen MR) is 57.4 cm³/mol. The molecule has 0 spiro atoms. The standard InChI is InChI=1S/C13H16O/c1-10-6-2-3-7-11(10)12-8-4-5-9-13(12)14/h2-3,6-7,12H,4-5,8-9H2,1H3/t12-/m1/s1. The molecular formula is C13H16O. The third-order valence-corrected chi connectivity index (χ3v) is 3.12. The summed E-state index contributed by atoms with van der Waals surface area (Å²) in [6, 6.07) is 8.26. The quantitative estimate of drug-likeness (QED) is 0.661. The largest absolute Gasteiger partial charge is 0.299 e. The Bertz CT molecular complexity index is 341. The van der Waals surface area contributed by atoms with E-state index in [4.69, 9.17) is 0 Å². The van der Waals surface area contributed by atoms with Gasteiger partial charge in [0.25, 0.3) is 0 Å². The first-order valence-electron chi connectivity index (χ1n) is 5.37. The van der Waals surface area contributed by atoms with Crippen LogP contribution in [0, 0.1) is 6.92 Å². The van der Waals surface area contributed by atoms with Gasteiger partial charge in [-0.1, -0.05) is 30.7 Å². The van der Waals surface area contributed by atoms with Gasteiger partial charge in [-0.15, -0.1) is 0 Å². The summed E-state index contributed by atoms with van der Waals surface area (Å²) in [5.41, 5.74) is 2.50. The van der Waals surface area contributed by atoms with E-state index in [1.807, 2.05) is 12.1 Å². The van der Waals surface area contributed by atoms with Gasteiger partial charge in [-0.3, -0.25) is 4.79 Å². The second kappa shape index (κ2) is 3.95. The topological polar surface area (TPSA) is 17.1 Å². The van der Waals surface area contributed by atoms with E-state index in [2.05, 4.69) is 19.1 Å². The normalized spacial score (nSPS) is 22.4. The summed E-state index contributed by atoms with van der Waals surface area (Å²) in [5, 5.41) is 0. The molecule has 2 rings (SSSR count). The van der Waals surface area contributed by atoms with Crippen LogP contribution in [0.15, 0.2) is 24.3 Å². The summed E-state index contributed by atoms with van der Waals surface area (Å²) in [6.45, 7) is 2.09. The molecular weight excluding hydrogens is 172 g/mol. The molecule has 1 saturated carbocycles. The van der Waals surface area contributed by atoms with E-state index in [1.165, 1.54) is 17.5 Å². The molecule has 74 valence electrons. The van der Waals surface area contributed by atoms with Gasteiger partial charge in [0, 0.05) is 12.3 Å². The van der Waals surface area contributed by atoms with Crippen LogP contribution in [0.5, 0.6) is 0 Å². The summed E-state index contributed by atoms with van der Waals surface area (Å²) in [5.74, 6) is 0.621. The maximum atomic E-state index is 11.7. The van der Waals surface area contributed by atoms with E-state index in [0.29, 0.717) is 5.78 Å². The van der Waals surface area contributed by atoms with E-state index in [0.717, 1.165) is 19.3 Å². The van der Waals surface area contributed by atoms with Crippen molar-refractivity contribution in [3.63, 3.8) is 0 Å². The van der Waals surface area contributed by atoms with E-state index in [9.17, 15) is 4.79 Å². The number of carbonyl (C=O) groups is 1. The van der Waals surface area contributed by atoms with Crippen LogP contribution in [0.25, 0.3) is 0 Å². The second-order valence-corrected chi connectivity index (χ2v) is 4.12. The van der Waals surface area contributed by atoms with Crippen molar-refractivity contribution in [1.82, 2.24) is 0 Å². The van der Waals surface area contributed by atoms with Crippen LogP contribution >= 0.6 is 0 Å². The van der Waals surface area contributed by atoms with Crippen LogP contribution in [0.3, 0.4) is 0 Å². The van der Waals surface area contributed by atoms with E-state index >= 15 is 0 Å². The van der Waals surface area contributed by atoms with Crippen molar-refractivity contribution < 1.29 is 4.79 Å². The van der Waals surface area contributed by atoms with Crippen molar-refractivity contribution in [2.45, 2.75) is 38.5 Å². The molecule has 1 aliphatic carbocycles. The third kappa shape index (κ3) is 1.72. The maximum Gasteiger partial charge on any atom is 0.140 e. The summed E-state index contributed by atoms with van der Waals surface area (Å²) < 4.78 is 0. The number of aryl methyl sites for hydroxylation is 1. The van der Waals surface area contributed by atoms with E-state index in [1.54, 1.807) is 0 Å². The van der Waals surface area contributed by atoms with E-state index < -0.39 is 0 Å². The van der Waals surface area contributed by atoms with Crippen LogP contribution in [0.1, 0.15) is 42.7 Å². The molecule has 0 radical (unpaired) electrons. The Morgan fingerprint density at radius 1 is 1.21 bits per heavy atom. The molecule has 0 heterocycles. The molecule has 1 nitrogen and oxygen atoms in total. The van der Waals surface area contributed by atoms with Crippen molar-refractivity contribution in [1.29, 1.82) is 0 Å². The number of rotatable bonds is 1. The SMILES string of the molecule is Cc1ccccc1[C@H]1CCCCC1=O. The molecule has 1 heteroatoms. The van der Waals surface area contributed by atoms with Crippen molar-refractivity contribution in [3.8, 4) is 0 Å². The van der Waals surface area contributed by atoms with Gasteiger partial charge in [0.15, 0.2) is 0 Å².